The highest BCUT2D eigenvalue weighted by Crippen LogP contribution is 2.37. The van der Waals surface area contributed by atoms with Crippen molar-refractivity contribution in [2.24, 2.45) is 0 Å². The number of halogens is 3. The number of carbonyl (C=O) groups is 1. The first-order valence-electron chi connectivity index (χ1n) is 11.8. The van der Waals surface area contributed by atoms with Crippen molar-refractivity contribution in [3.63, 3.8) is 0 Å². The van der Waals surface area contributed by atoms with Gasteiger partial charge in [0.25, 0.3) is 0 Å². The van der Waals surface area contributed by atoms with Gasteiger partial charge >= 0.3 is 12.1 Å². The van der Waals surface area contributed by atoms with E-state index < -0.39 is 23.8 Å². The summed E-state index contributed by atoms with van der Waals surface area (Å²) < 4.78 is 46.2. The lowest BCUT2D eigenvalue weighted by Gasteiger charge is -2.27. The van der Waals surface area contributed by atoms with E-state index in [1.165, 1.54) is 23.8 Å². The number of benzene rings is 1. The molecule has 1 fully saturated rings. The quantitative estimate of drug-likeness (QED) is 0.510. The van der Waals surface area contributed by atoms with Gasteiger partial charge in [-0.05, 0) is 61.8 Å². The van der Waals surface area contributed by atoms with Crippen molar-refractivity contribution in [1.29, 1.82) is 0 Å². The molecule has 2 aliphatic rings. The predicted octanol–water partition coefficient (Wildman–Crippen LogP) is 4.70. The number of ether oxygens (including phenoxy) is 1. The molecule has 9 heteroatoms. The van der Waals surface area contributed by atoms with E-state index in [2.05, 4.69) is 17.4 Å². The molecule has 0 bridgehead atoms. The van der Waals surface area contributed by atoms with E-state index in [1.807, 2.05) is 0 Å². The third-order valence-corrected chi connectivity index (χ3v) is 6.47. The summed E-state index contributed by atoms with van der Waals surface area (Å²) in [5, 5.41) is 13.1. The van der Waals surface area contributed by atoms with Crippen LogP contribution in [0, 0.1) is 0 Å². The number of nitrogens with one attached hydrogen (secondary N) is 1. The molecule has 34 heavy (non-hydrogen) atoms. The van der Waals surface area contributed by atoms with Crippen LogP contribution < -0.4 is 5.32 Å². The molecule has 0 radical (unpaired) electrons. The van der Waals surface area contributed by atoms with Crippen molar-refractivity contribution < 1.29 is 27.8 Å². The minimum atomic E-state index is -4.61. The van der Waals surface area contributed by atoms with Gasteiger partial charge in [-0.25, -0.2) is 4.98 Å². The maximum atomic E-state index is 13.4. The van der Waals surface area contributed by atoms with Crippen molar-refractivity contribution in [3.05, 3.63) is 58.8 Å². The highest BCUT2D eigenvalue weighted by atomic mass is 19.4. The average molecular weight is 478 g/mol. The molecule has 0 amide bonds. The van der Waals surface area contributed by atoms with Crippen molar-refractivity contribution >= 4 is 11.8 Å². The van der Waals surface area contributed by atoms with Gasteiger partial charge in [0.1, 0.15) is 11.9 Å². The van der Waals surface area contributed by atoms with Gasteiger partial charge in [-0.15, -0.1) is 0 Å². The van der Waals surface area contributed by atoms with E-state index in [4.69, 9.17) is 9.72 Å². The molecule has 0 aliphatic carbocycles. The number of anilines is 1. The first-order valence-corrected chi connectivity index (χ1v) is 11.8. The van der Waals surface area contributed by atoms with Crippen molar-refractivity contribution in [1.82, 2.24) is 9.88 Å². The highest BCUT2D eigenvalue weighted by Gasteiger charge is 2.40. The molecule has 1 aromatic heterocycles. The van der Waals surface area contributed by atoms with E-state index in [0.29, 0.717) is 26.1 Å². The third-order valence-electron chi connectivity index (χ3n) is 6.47. The van der Waals surface area contributed by atoms with Crippen molar-refractivity contribution in [3.8, 4) is 0 Å². The molecule has 6 nitrogen and oxygen atoms in total. The summed E-state index contributed by atoms with van der Waals surface area (Å²) >= 11 is 0. The number of nitrogens with zero attached hydrogens (tertiary/aromatic N) is 2. The Morgan fingerprint density at radius 3 is 2.85 bits per heavy atom. The molecule has 4 rings (SSSR count). The second kappa shape index (κ2) is 10.7. The number of hydrogen-bond donors (Lipinski definition) is 2. The number of fused-ring (bicyclic) bond motifs is 1. The summed E-state index contributed by atoms with van der Waals surface area (Å²) in [6.45, 7) is 2.15. The van der Waals surface area contributed by atoms with Crippen LogP contribution in [0.25, 0.3) is 0 Å². The van der Waals surface area contributed by atoms with Gasteiger partial charge in [0.15, 0.2) is 0 Å². The standard InChI is InChI=1S/C25H30F3N3O3/c26-25(27,28)21-9-2-1-8-20(21)22(24(32)33)31-14-12-19(16-31)34-15-4-3-7-18-11-10-17-6-5-13-29-23(17)30-18/h1-2,8-11,19,22H,3-7,12-16H2,(H,29,30)(H,32,33)/t19-,22-/m1/s1. The number of carboxylic acid groups (broad SMARTS) is 1. The lowest BCUT2D eigenvalue weighted by atomic mass is 9.99. The number of alkyl halides is 3. The summed E-state index contributed by atoms with van der Waals surface area (Å²) in [4.78, 5) is 18.2. The molecule has 2 N–H and O–H groups in total. The maximum Gasteiger partial charge on any atom is 0.416 e. The molecule has 2 aromatic rings. The molecule has 2 atom stereocenters. The van der Waals surface area contributed by atoms with Crippen LogP contribution in [0.15, 0.2) is 36.4 Å². The normalized spacial score (nSPS) is 19.4. The first-order chi connectivity index (χ1) is 16.3. The number of aliphatic carboxylic acids is 1. The number of likely N-dealkylation sites (tertiary alicyclic amines) is 1. The van der Waals surface area contributed by atoms with E-state index in [1.54, 1.807) is 4.90 Å². The van der Waals surface area contributed by atoms with E-state index in [0.717, 1.165) is 56.2 Å². The summed E-state index contributed by atoms with van der Waals surface area (Å²) in [5.74, 6) is -0.296. The van der Waals surface area contributed by atoms with Crippen LogP contribution in [0.1, 0.15) is 54.1 Å². The van der Waals surface area contributed by atoms with Crippen LogP contribution in [0.2, 0.25) is 0 Å². The minimum absolute atomic E-state index is 0.189. The number of pyridine rings is 1. The Morgan fingerprint density at radius 2 is 2.06 bits per heavy atom. The summed E-state index contributed by atoms with van der Waals surface area (Å²) in [7, 11) is 0. The Hall–Kier alpha value is -2.65. The fraction of sp³-hybridized carbons (Fsp3) is 0.520. The highest BCUT2D eigenvalue weighted by molar-refractivity contribution is 5.76. The van der Waals surface area contributed by atoms with Crippen LogP contribution in [-0.2, 0) is 28.5 Å². The molecular weight excluding hydrogens is 447 g/mol. The molecule has 2 aliphatic heterocycles. The van der Waals surface area contributed by atoms with Crippen LogP contribution in [-0.4, -0.2) is 53.3 Å². The zero-order chi connectivity index (χ0) is 24.1. The zero-order valence-electron chi connectivity index (χ0n) is 19.0. The summed E-state index contributed by atoms with van der Waals surface area (Å²) in [6, 6.07) is 7.77. The van der Waals surface area contributed by atoms with Gasteiger partial charge in [-0.2, -0.15) is 13.2 Å². The SMILES string of the molecule is O=C(O)[C@@H](c1ccccc1C(F)(F)F)N1CC[C@@H](OCCCCc2ccc3c(n2)NCCC3)C1. The summed E-state index contributed by atoms with van der Waals surface area (Å²) in [6.07, 6.45) is 0.591. The average Bonchev–Trinajstić information content (AvgIpc) is 3.26. The third kappa shape index (κ3) is 5.88. The monoisotopic (exact) mass is 477 g/mol. The zero-order valence-corrected chi connectivity index (χ0v) is 19.0. The molecule has 3 heterocycles. The molecule has 0 saturated carbocycles. The number of carboxylic acids is 1. The topological polar surface area (TPSA) is 74.7 Å². The molecule has 1 saturated heterocycles. The predicted molar refractivity (Wildman–Crippen MR) is 122 cm³/mol. The van der Waals surface area contributed by atoms with Crippen molar-refractivity contribution in [2.45, 2.75) is 56.8 Å². The Bertz CT molecular complexity index is 999. The van der Waals surface area contributed by atoms with Gasteiger partial charge in [-0.3, -0.25) is 9.69 Å². The van der Waals surface area contributed by atoms with Gasteiger partial charge < -0.3 is 15.2 Å². The van der Waals surface area contributed by atoms with E-state index in [-0.39, 0.29) is 11.7 Å². The number of aryl methyl sites for hydroxylation is 2. The van der Waals surface area contributed by atoms with Crippen LogP contribution in [0.4, 0.5) is 19.0 Å². The molecule has 0 unspecified atom stereocenters. The van der Waals surface area contributed by atoms with Gasteiger partial charge in [-0.1, -0.05) is 24.3 Å². The fourth-order valence-corrected chi connectivity index (χ4v) is 4.77. The lowest BCUT2D eigenvalue weighted by Crippen LogP contribution is -2.34. The Morgan fingerprint density at radius 1 is 1.24 bits per heavy atom. The Balaban J connectivity index is 1.26. The second-order valence-corrected chi connectivity index (χ2v) is 8.90. The van der Waals surface area contributed by atoms with Crippen molar-refractivity contribution in [2.75, 3.05) is 31.6 Å². The molecular formula is C25H30F3N3O3. The second-order valence-electron chi connectivity index (χ2n) is 8.90. The molecule has 1 aromatic carbocycles. The summed E-state index contributed by atoms with van der Waals surface area (Å²) in [5.41, 5.74) is 1.18. The van der Waals surface area contributed by atoms with Crippen LogP contribution >= 0.6 is 0 Å². The number of hydrogen-bond acceptors (Lipinski definition) is 5. The van der Waals surface area contributed by atoms with Gasteiger partial charge in [0.2, 0.25) is 0 Å². The Labute approximate surface area is 197 Å². The molecule has 184 valence electrons. The number of rotatable bonds is 9. The van der Waals surface area contributed by atoms with E-state index in [9.17, 15) is 23.1 Å². The van der Waals surface area contributed by atoms with Gasteiger partial charge in [0, 0.05) is 31.9 Å². The smallest absolute Gasteiger partial charge is 0.416 e. The Kier molecular flexibility index (Phi) is 7.73. The lowest BCUT2D eigenvalue weighted by molar-refractivity contribution is -0.145. The number of unbranched alkanes of at least 4 members (excludes halogenated alkanes) is 1. The fourth-order valence-electron chi connectivity index (χ4n) is 4.77. The van der Waals surface area contributed by atoms with Gasteiger partial charge in [0.05, 0.1) is 11.7 Å². The van der Waals surface area contributed by atoms with Crippen LogP contribution in [0.5, 0.6) is 0 Å². The number of aromatic nitrogens is 1. The van der Waals surface area contributed by atoms with E-state index >= 15 is 0 Å². The maximum absolute atomic E-state index is 13.4. The largest absolute Gasteiger partial charge is 0.480 e. The first kappa shape index (κ1) is 24.5. The minimum Gasteiger partial charge on any atom is -0.480 e. The van der Waals surface area contributed by atoms with Crippen LogP contribution in [0.3, 0.4) is 0 Å². The molecule has 0 spiro atoms.